The average molecular weight is 428 g/mol. The Morgan fingerprint density at radius 3 is 2.30 bits per heavy atom. The van der Waals surface area contributed by atoms with Crippen molar-refractivity contribution in [2.45, 2.75) is 49.1 Å². The first kappa shape index (κ1) is 20.1. The van der Waals surface area contributed by atoms with E-state index < -0.39 is 15.7 Å². The molecule has 1 aromatic heterocycles. The van der Waals surface area contributed by atoms with Crippen molar-refractivity contribution in [3.63, 3.8) is 0 Å². The SMILES string of the molecule is NC1=NC2(CCCCCC2)N(c2ccc(S(=O)(=O)Nc3ccccn3)cc2)C(N)=N1. The fourth-order valence-corrected chi connectivity index (χ4v) is 5.07. The van der Waals surface area contributed by atoms with Gasteiger partial charge in [-0.05, 0) is 62.1 Å². The summed E-state index contributed by atoms with van der Waals surface area (Å²) in [4.78, 5) is 14.9. The molecule has 158 valence electrons. The van der Waals surface area contributed by atoms with Crippen molar-refractivity contribution in [2.24, 2.45) is 21.5 Å². The van der Waals surface area contributed by atoms with E-state index in [1.807, 2.05) is 4.90 Å². The number of hydrogen-bond donors (Lipinski definition) is 3. The molecule has 1 aromatic carbocycles. The molecule has 9 nitrogen and oxygen atoms in total. The zero-order chi connectivity index (χ0) is 21.2. The minimum Gasteiger partial charge on any atom is -0.369 e. The standard InChI is InChI=1S/C20H25N7O2S/c21-18-24-19(22)27(20(25-18)12-4-1-2-5-13-20)15-8-10-16(11-9-15)30(28,29)26-17-7-3-6-14-23-17/h3,6-11,14H,1-2,4-5,12-13H2,(H,23,26)(H4,21,22,24,25). The van der Waals surface area contributed by atoms with Gasteiger partial charge in [-0.1, -0.05) is 18.9 Å². The average Bonchev–Trinajstić information content (AvgIpc) is 2.94. The number of nitrogens with one attached hydrogen (secondary N) is 1. The molecule has 1 saturated carbocycles. The molecule has 0 radical (unpaired) electrons. The number of sulfonamides is 1. The number of nitrogens with zero attached hydrogens (tertiary/aromatic N) is 4. The Bertz CT molecular complexity index is 1060. The number of rotatable bonds is 4. The molecule has 2 aromatic rings. The van der Waals surface area contributed by atoms with Crippen molar-refractivity contribution in [3.8, 4) is 0 Å². The van der Waals surface area contributed by atoms with Gasteiger partial charge in [-0.15, -0.1) is 0 Å². The Morgan fingerprint density at radius 2 is 1.67 bits per heavy atom. The Labute approximate surface area is 176 Å². The van der Waals surface area contributed by atoms with Crippen LogP contribution < -0.4 is 21.1 Å². The smallest absolute Gasteiger partial charge is 0.263 e. The van der Waals surface area contributed by atoms with Gasteiger partial charge in [0.25, 0.3) is 10.0 Å². The molecule has 1 aliphatic heterocycles. The van der Waals surface area contributed by atoms with Crippen LogP contribution >= 0.6 is 0 Å². The molecular weight excluding hydrogens is 402 g/mol. The molecule has 1 aliphatic carbocycles. The maximum Gasteiger partial charge on any atom is 0.263 e. The zero-order valence-corrected chi connectivity index (χ0v) is 17.3. The third-order valence-electron chi connectivity index (χ3n) is 5.41. The fraction of sp³-hybridized carbons (Fsp3) is 0.350. The predicted molar refractivity (Wildman–Crippen MR) is 118 cm³/mol. The van der Waals surface area contributed by atoms with Crippen molar-refractivity contribution in [2.75, 3.05) is 9.62 Å². The van der Waals surface area contributed by atoms with Crippen molar-refractivity contribution in [1.82, 2.24) is 4.98 Å². The highest BCUT2D eigenvalue weighted by atomic mass is 32.2. The third kappa shape index (κ3) is 3.95. The van der Waals surface area contributed by atoms with Gasteiger partial charge in [0.05, 0.1) is 4.90 Å². The number of anilines is 2. The van der Waals surface area contributed by atoms with Crippen LogP contribution in [0.5, 0.6) is 0 Å². The van der Waals surface area contributed by atoms with Crippen LogP contribution in [0.3, 0.4) is 0 Å². The maximum absolute atomic E-state index is 12.7. The fourth-order valence-electron chi connectivity index (χ4n) is 4.07. The van der Waals surface area contributed by atoms with E-state index in [2.05, 4.69) is 19.7 Å². The van der Waals surface area contributed by atoms with Crippen LogP contribution in [0, 0.1) is 0 Å². The summed E-state index contributed by atoms with van der Waals surface area (Å²) in [5.41, 5.74) is 12.3. The summed E-state index contributed by atoms with van der Waals surface area (Å²) >= 11 is 0. The molecule has 0 atom stereocenters. The Kier molecular flexibility index (Phi) is 5.33. The minimum atomic E-state index is -3.76. The molecular formula is C20H25N7O2S. The normalized spacial score (nSPS) is 19.0. The van der Waals surface area contributed by atoms with Crippen LogP contribution in [0.15, 0.2) is 63.5 Å². The van der Waals surface area contributed by atoms with Gasteiger partial charge >= 0.3 is 0 Å². The van der Waals surface area contributed by atoms with E-state index in [0.29, 0.717) is 0 Å². The number of aromatic nitrogens is 1. The monoisotopic (exact) mass is 427 g/mol. The van der Waals surface area contributed by atoms with Crippen molar-refractivity contribution in [1.29, 1.82) is 0 Å². The summed E-state index contributed by atoms with van der Waals surface area (Å²) in [7, 11) is -3.76. The molecule has 10 heteroatoms. The maximum atomic E-state index is 12.7. The lowest BCUT2D eigenvalue weighted by Crippen LogP contribution is -2.57. The summed E-state index contributed by atoms with van der Waals surface area (Å²) in [6.45, 7) is 0. The first-order valence-corrected chi connectivity index (χ1v) is 11.4. The van der Waals surface area contributed by atoms with Crippen LogP contribution in [0.1, 0.15) is 38.5 Å². The van der Waals surface area contributed by atoms with E-state index in [0.717, 1.165) is 44.2 Å². The largest absolute Gasteiger partial charge is 0.369 e. The number of pyridine rings is 1. The van der Waals surface area contributed by atoms with Gasteiger partial charge in [-0.2, -0.15) is 4.99 Å². The number of benzene rings is 1. The molecule has 2 heterocycles. The Morgan fingerprint density at radius 1 is 0.967 bits per heavy atom. The van der Waals surface area contributed by atoms with Crippen LogP contribution in [-0.2, 0) is 10.0 Å². The predicted octanol–water partition coefficient (Wildman–Crippen LogP) is 2.38. The minimum absolute atomic E-state index is 0.127. The second-order valence-corrected chi connectivity index (χ2v) is 9.17. The first-order valence-electron chi connectivity index (χ1n) is 9.93. The second kappa shape index (κ2) is 7.94. The van der Waals surface area contributed by atoms with Gasteiger partial charge < -0.3 is 11.5 Å². The highest BCUT2D eigenvalue weighted by Gasteiger charge is 2.41. The molecule has 4 rings (SSSR count). The summed E-state index contributed by atoms with van der Waals surface area (Å²) in [5.74, 6) is 0.715. The van der Waals surface area contributed by atoms with E-state index in [1.165, 1.54) is 6.20 Å². The first-order chi connectivity index (χ1) is 14.4. The number of nitrogens with two attached hydrogens (primary N) is 2. The molecule has 0 unspecified atom stereocenters. The highest BCUT2D eigenvalue weighted by Crippen LogP contribution is 2.38. The van der Waals surface area contributed by atoms with E-state index in [9.17, 15) is 8.42 Å². The van der Waals surface area contributed by atoms with Gasteiger partial charge in [0.15, 0.2) is 0 Å². The molecule has 5 N–H and O–H groups in total. The molecule has 0 bridgehead atoms. The summed E-state index contributed by atoms with van der Waals surface area (Å²) in [5, 5.41) is 0. The van der Waals surface area contributed by atoms with Crippen molar-refractivity contribution >= 4 is 33.4 Å². The molecule has 30 heavy (non-hydrogen) atoms. The topological polar surface area (TPSA) is 139 Å². The highest BCUT2D eigenvalue weighted by molar-refractivity contribution is 7.92. The second-order valence-electron chi connectivity index (χ2n) is 7.49. The van der Waals surface area contributed by atoms with E-state index >= 15 is 0 Å². The van der Waals surface area contributed by atoms with Gasteiger partial charge in [0.1, 0.15) is 11.5 Å². The number of guanidine groups is 2. The van der Waals surface area contributed by atoms with Gasteiger partial charge in [0, 0.05) is 11.9 Å². The molecule has 1 spiro atoms. The van der Waals surface area contributed by atoms with Gasteiger partial charge in [-0.25, -0.2) is 18.4 Å². The molecule has 0 saturated heterocycles. The van der Waals surface area contributed by atoms with Crippen molar-refractivity contribution < 1.29 is 8.42 Å². The molecule has 2 aliphatic rings. The lowest BCUT2D eigenvalue weighted by Gasteiger charge is -2.43. The van der Waals surface area contributed by atoms with Crippen LogP contribution in [0.4, 0.5) is 11.5 Å². The van der Waals surface area contributed by atoms with E-state index in [-0.39, 0.29) is 22.6 Å². The number of hydrogen-bond acceptors (Lipinski definition) is 8. The summed E-state index contributed by atoms with van der Waals surface area (Å²) < 4.78 is 27.8. The summed E-state index contributed by atoms with van der Waals surface area (Å²) in [6, 6.07) is 11.5. The Balaban J connectivity index is 1.64. The molecule has 0 amide bonds. The lowest BCUT2D eigenvalue weighted by atomic mass is 9.97. The zero-order valence-electron chi connectivity index (χ0n) is 16.5. The van der Waals surface area contributed by atoms with Crippen LogP contribution in [0.25, 0.3) is 0 Å². The van der Waals surface area contributed by atoms with Gasteiger partial charge in [0.2, 0.25) is 11.9 Å². The van der Waals surface area contributed by atoms with Crippen molar-refractivity contribution in [3.05, 3.63) is 48.7 Å². The van der Waals surface area contributed by atoms with Crippen LogP contribution in [-0.4, -0.2) is 31.0 Å². The number of aliphatic imine (C=N–C) groups is 2. The molecule has 1 fully saturated rings. The van der Waals surface area contributed by atoms with Crippen LogP contribution in [0.2, 0.25) is 0 Å². The van der Waals surface area contributed by atoms with E-state index in [1.54, 1.807) is 42.5 Å². The van der Waals surface area contributed by atoms with Gasteiger partial charge in [-0.3, -0.25) is 9.62 Å². The summed E-state index contributed by atoms with van der Waals surface area (Å²) in [6.07, 6.45) is 7.45. The quantitative estimate of drug-likeness (QED) is 0.684. The third-order valence-corrected chi connectivity index (χ3v) is 6.78. The lowest BCUT2D eigenvalue weighted by molar-refractivity contribution is 0.383. The van der Waals surface area contributed by atoms with E-state index in [4.69, 9.17) is 11.5 Å². The Hall–Kier alpha value is -3.14.